The van der Waals surface area contributed by atoms with Gasteiger partial charge in [-0.15, -0.1) is 0 Å². The van der Waals surface area contributed by atoms with Gasteiger partial charge in [-0.25, -0.2) is 0 Å². The van der Waals surface area contributed by atoms with Crippen LogP contribution in [-0.2, 0) is 11.3 Å². The molecule has 0 radical (unpaired) electrons. The second kappa shape index (κ2) is 4.53. The van der Waals surface area contributed by atoms with E-state index in [9.17, 15) is 0 Å². The third kappa shape index (κ3) is 2.18. The van der Waals surface area contributed by atoms with Crippen molar-refractivity contribution in [2.45, 2.75) is 36.9 Å². The molecule has 0 saturated heterocycles. The van der Waals surface area contributed by atoms with Crippen molar-refractivity contribution in [2.24, 2.45) is 0 Å². The van der Waals surface area contributed by atoms with Crippen LogP contribution >= 0.6 is 15.9 Å². The van der Waals surface area contributed by atoms with Crippen LogP contribution in [0.15, 0.2) is 12.4 Å². The summed E-state index contributed by atoms with van der Waals surface area (Å²) >= 11 is 3.53. The molecule has 1 aliphatic carbocycles. The standard InChI is InChI=1S/C10H15BrN2O2/c1-3-13-6-7(5-12-13)15-9-4-8(11)10(9)14-2/h5-6,8-10H,3-4H2,1-2H3. The minimum atomic E-state index is 0.147. The largest absolute Gasteiger partial charge is 0.484 e. The van der Waals surface area contributed by atoms with Gasteiger partial charge in [-0.05, 0) is 6.92 Å². The number of aromatic nitrogens is 2. The molecule has 0 N–H and O–H groups in total. The maximum atomic E-state index is 5.77. The molecular formula is C10H15BrN2O2. The normalized spacial score (nSPS) is 29.9. The van der Waals surface area contributed by atoms with Gasteiger partial charge in [-0.3, -0.25) is 4.68 Å². The lowest BCUT2D eigenvalue weighted by Gasteiger charge is -2.39. The summed E-state index contributed by atoms with van der Waals surface area (Å²) < 4.78 is 12.9. The molecule has 5 heteroatoms. The lowest BCUT2D eigenvalue weighted by atomic mass is 9.91. The molecule has 2 rings (SSSR count). The fourth-order valence-electron chi connectivity index (χ4n) is 1.70. The number of nitrogens with zero attached hydrogens (tertiary/aromatic N) is 2. The molecule has 1 aromatic heterocycles. The SMILES string of the molecule is CCn1cc(OC2CC(Br)C2OC)cn1. The van der Waals surface area contributed by atoms with Gasteiger partial charge in [0, 0.05) is 24.9 Å². The molecule has 1 fully saturated rings. The Kier molecular flexibility index (Phi) is 3.31. The lowest BCUT2D eigenvalue weighted by Crippen LogP contribution is -2.51. The summed E-state index contributed by atoms with van der Waals surface area (Å²) in [6.45, 7) is 2.91. The van der Waals surface area contributed by atoms with Crippen molar-refractivity contribution < 1.29 is 9.47 Å². The Hall–Kier alpha value is -0.550. The van der Waals surface area contributed by atoms with Crippen LogP contribution in [0.25, 0.3) is 0 Å². The Morgan fingerprint density at radius 2 is 2.47 bits per heavy atom. The highest BCUT2D eigenvalue weighted by Crippen LogP contribution is 2.33. The van der Waals surface area contributed by atoms with E-state index in [1.165, 1.54) is 0 Å². The fourth-order valence-corrected chi connectivity index (χ4v) is 2.62. The first-order chi connectivity index (χ1) is 7.24. The number of hydrogen-bond donors (Lipinski definition) is 0. The molecule has 0 spiro atoms. The second-order valence-corrected chi connectivity index (χ2v) is 4.82. The van der Waals surface area contributed by atoms with Gasteiger partial charge < -0.3 is 9.47 Å². The van der Waals surface area contributed by atoms with E-state index in [0.717, 1.165) is 18.7 Å². The molecule has 0 bridgehead atoms. The lowest BCUT2D eigenvalue weighted by molar-refractivity contribution is -0.0545. The molecule has 84 valence electrons. The summed E-state index contributed by atoms with van der Waals surface area (Å²) in [5.41, 5.74) is 0. The topological polar surface area (TPSA) is 36.3 Å². The van der Waals surface area contributed by atoms with Crippen LogP contribution < -0.4 is 4.74 Å². The molecule has 0 amide bonds. The van der Waals surface area contributed by atoms with Gasteiger partial charge in [0.25, 0.3) is 0 Å². The summed E-state index contributed by atoms with van der Waals surface area (Å²) in [4.78, 5) is 0.411. The van der Waals surface area contributed by atoms with E-state index >= 15 is 0 Å². The Bertz CT molecular complexity index is 329. The van der Waals surface area contributed by atoms with Crippen LogP contribution in [-0.4, -0.2) is 33.9 Å². The van der Waals surface area contributed by atoms with E-state index in [4.69, 9.17) is 9.47 Å². The van der Waals surface area contributed by atoms with E-state index in [1.807, 2.05) is 17.8 Å². The summed E-state index contributed by atoms with van der Waals surface area (Å²) in [6.07, 6.45) is 4.94. The zero-order chi connectivity index (χ0) is 10.8. The Labute approximate surface area is 97.7 Å². The summed E-state index contributed by atoms with van der Waals surface area (Å²) in [5.74, 6) is 0.823. The Morgan fingerprint density at radius 1 is 1.67 bits per heavy atom. The van der Waals surface area contributed by atoms with Gasteiger partial charge in [0.2, 0.25) is 0 Å². The van der Waals surface area contributed by atoms with E-state index < -0.39 is 0 Å². The van der Waals surface area contributed by atoms with Crippen molar-refractivity contribution in [1.29, 1.82) is 0 Å². The number of methoxy groups -OCH3 is 1. The predicted molar refractivity (Wildman–Crippen MR) is 60.4 cm³/mol. The van der Waals surface area contributed by atoms with Gasteiger partial charge >= 0.3 is 0 Å². The van der Waals surface area contributed by atoms with Crippen molar-refractivity contribution in [3.05, 3.63) is 12.4 Å². The molecule has 4 nitrogen and oxygen atoms in total. The summed E-state index contributed by atoms with van der Waals surface area (Å²) in [5, 5.41) is 4.16. The van der Waals surface area contributed by atoms with E-state index in [0.29, 0.717) is 4.83 Å². The van der Waals surface area contributed by atoms with Gasteiger partial charge in [0.05, 0.1) is 12.4 Å². The minimum absolute atomic E-state index is 0.147. The zero-order valence-corrected chi connectivity index (χ0v) is 10.5. The molecular weight excluding hydrogens is 260 g/mol. The Morgan fingerprint density at radius 3 is 3.00 bits per heavy atom. The number of hydrogen-bond acceptors (Lipinski definition) is 3. The molecule has 0 aliphatic heterocycles. The first kappa shape index (κ1) is 11.0. The highest BCUT2D eigenvalue weighted by atomic mass is 79.9. The average Bonchev–Trinajstić information content (AvgIpc) is 2.65. The summed E-state index contributed by atoms with van der Waals surface area (Å²) in [6, 6.07) is 0. The van der Waals surface area contributed by atoms with Crippen LogP contribution in [0.5, 0.6) is 5.75 Å². The molecule has 1 saturated carbocycles. The number of halogens is 1. The van der Waals surface area contributed by atoms with E-state index in [2.05, 4.69) is 21.0 Å². The molecule has 0 aromatic carbocycles. The van der Waals surface area contributed by atoms with Crippen LogP contribution in [0, 0.1) is 0 Å². The van der Waals surface area contributed by atoms with Gasteiger partial charge in [0.1, 0.15) is 12.2 Å². The maximum Gasteiger partial charge on any atom is 0.157 e. The summed E-state index contributed by atoms with van der Waals surface area (Å²) in [7, 11) is 1.71. The molecule has 3 atom stereocenters. The van der Waals surface area contributed by atoms with Crippen molar-refractivity contribution in [3.8, 4) is 5.75 Å². The monoisotopic (exact) mass is 274 g/mol. The van der Waals surface area contributed by atoms with Crippen LogP contribution in [0.3, 0.4) is 0 Å². The van der Waals surface area contributed by atoms with Crippen molar-refractivity contribution in [3.63, 3.8) is 0 Å². The average molecular weight is 275 g/mol. The van der Waals surface area contributed by atoms with E-state index in [1.54, 1.807) is 13.3 Å². The molecule has 15 heavy (non-hydrogen) atoms. The highest BCUT2D eigenvalue weighted by Gasteiger charge is 2.41. The van der Waals surface area contributed by atoms with Crippen LogP contribution in [0.1, 0.15) is 13.3 Å². The van der Waals surface area contributed by atoms with Crippen molar-refractivity contribution >= 4 is 15.9 Å². The minimum Gasteiger partial charge on any atom is -0.484 e. The Balaban J connectivity index is 1.92. The number of rotatable bonds is 4. The molecule has 1 aromatic rings. The maximum absolute atomic E-state index is 5.77. The zero-order valence-electron chi connectivity index (χ0n) is 8.89. The van der Waals surface area contributed by atoms with E-state index in [-0.39, 0.29) is 12.2 Å². The quantitative estimate of drug-likeness (QED) is 0.787. The number of ether oxygens (including phenoxy) is 2. The van der Waals surface area contributed by atoms with Crippen molar-refractivity contribution in [1.82, 2.24) is 9.78 Å². The van der Waals surface area contributed by atoms with Crippen LogP contribution in [0.2, 0.25) is 0 Å². The van der Waals surface area contributed by atoms with Gasteiger partial charge in [0.15, 0.2) is 5.75 Å². The fraction of sp³-hybridized carbons (Fsp3) is 0.700. The predicted octanol–water partition coefficient (Wildman–Crippen LogP) is 1.83. The third-order valence-corrected chi connectivity index (χ3v) is 3.57. The van der Waals surface area contributed by atoms with Gasteiger partial charge in [-0.1, -0.05) is 15.9 Å². The number of aryl methyl sites for hydroxylation is 1. The van der Waals surface area contributed by atoms with Crippen molar-refractivity contribution in [2.75, 3.05) is 7.11 Å². The molecule has 3 unspecified atom stereocenters. The first-order valence-corrected chi connectivity index (χ1v) is 6.02. The highest BCUT2D eigenvalue weighted by molar-refractivity contribution is 9.09. The number of alkyl halides is 1. The van der Waals surface area contributed by atoms with Gasteiger partial charge in [-0.2, -0.15) is 5.10 Å². The third-order valence-electron chi connectivity index (χ3n) is 2.67. The molecule has 1 aliphatic rings. The molecule has 1 heterocycles. The second-order valence-electron chi connectivity index (χ2n) is 3.64. The first-order valence-electron chi connectivity index (χ1n) is 5.10. The van der Waals surface area contributed by atoms with Crippen LogP contribution in [0.4, 0.5) is 0 Å². The smallest absolute Gasteiger partial charge is 0.157 e.